The van der Waals surface area contributed by atoms with E-state index < -0.39 is 6.09 Å². The number of para-hydroxylation sites is 2. The van der Waals surface area contributed by atoms with Crippen LogP contribution in [0.5, 0.6) is 11.5 Å². The third-order valence-electron chi connectivity index (χ3n) is 2.23. The molecule has 0 radical (unpaired) electrons. The molecule has 1 aromatic carbocycles. The lowest BCUT2D eigenvalue weighted by molar-refractivity contribution is 0.206. The second-order valence-electron chi connectivity index (χ2n) is 3.62. The van der Waals surface area contributed by atoms with Crippen molar-refractivity contribution < 1.29 is 14.3 Å². The highest BCUT2D eigenvalue weighted by atomic mass is 16.6. The zero-order chi connectivity index (χ0) is 10.7. The first kappa shape index (κ1) is 9.83. The lowest BCUT2D eigenvalue weighted by Gasteiger charge is -2.09. The molecule has 0 atom stereocenters. The summed E-state index contributed by atoms with van der Waals surface area (Å²) >= 11 is 0. The summed E-state index contributed by atoms with van der Waals surface area (Å²) in [4.78, 5) is 10.6. The molecule has 1 amide bonds. The third kappa shape index (κ3) is 2.87. The van der Waals surface area contributed by atoms with Gasteiger partial charge in [0, 0.05) is 0 Å². The number of hydrogen-bond donors (Lipinski definition) is 1. The zero-order valence-corrected chi connectivity index (χ0v) is 8.31. The van der Waals surface area contributed by atoms with Crippen LogP contribution in [0.1, 0.15) is 12.8 Å². The van der Waals surface area contributed by atoms with E-state index in [2.05, 4.69) is 0 Å². The van der Waals surface area contributed by atoms with Crippen LogP contribution in [0.3, 0.4) is 0 Å². The predicted octanol–water partition coefficient (Wildman–Crippen LogP) is 1.93. The molecule has 0 aromatic heterocycles. The number of rotatable bonds is 4. The first-order valence-electron chi connectivity index (χ1n) is 4.95. The Balaban J connectivity index is 2.02. The summed E-state index contributed by atoms with van der Waals surface area (Å²) in [5, 5.41) is 0. The SMILES string of the molecule is NC(=O)Oc1ccccc1OCC1CC1. The van der Waals surface area contributed by atoms with Gasteiger partial charge in [0.15, 0.2) is 11.5 Å². The normalized spacial score (nSPS) is 14.7. The molecule has 80 valence electrons. The minimum atomic E-state index is -0.822. The number of carbonyl (C=O) groups is 1. The molecule has 0 aliphatic heterocycles. The minimum absolute atomic E-state index is 0.380. The maximum Gasteiger partial charge on any atom is 0.410 e. The topological polar surface area (TPSA) is 61.6 Å². The molecule has 2 N–H and O–H groups in total. The maximum atomic E-state index is 10.6. The summed E-state index contributed by atoms with van der Waals surface area (Å²) in [6, 6.07) is 7.02. The van der Waals surface area contributed by atoms with Crippen molar-refractivity contribution in [3.05, 3.63) is 24.3 Å². The molecular formula is C11H13NO3. The minimum Gasteiger partial charge on any atom is -0.489 e. The van der Waals surface area contributed by atoms with Gasteiger partial charge in [-0.3, -0.25) is 0 Å². The van der Waals surface area contributed by atoms with Gasteiger partial charge >= 0.3 is 6.09 Å². The molecule has 0 bridgehead atoms. The molecule has 0 spiro atoms. The van der Waals surface area contributed by atoms with Gasteiger partial charge in [-0.1, -0.05) is 12.1 Å². The molecule has 4 nitrogen and oxygen atoms in total. The molecule has 0 saturated heterocycles. The predicted molar refractivity (Wildman–Crippen MR) is 54.9 cm³/mol. The smallest absolute Gasteiger partial charge is 0.410 e. The molecule has 15 heavy (non-hydrogen) atoms. The monoisotopic (exact) mass is 207 g/mol. The zero-order valence-electron chi connectivity index (χ0n) is 8.31. The number of nitrogens with two attached hydrogens (primary N) is 1. The summed E-state index contributed by atoms with van der Waals surface area (Å²) < 4.78 is 10.3. The molecule has 2 rings (SSSR count). The van der Waals surface area contributed by atoms with Gasteiger partial charge in [-0.2, -0.15) is 0 Å². The highest BCUT2D eigenvalue weighted by molar-refractivity contribution is 5.69. The van der Waals surface area contributed by atoms with E-state index in [0.717, 1.165) is 0 Å². The summed E-state index contributed by atoms with van der Waals surface area (Å²) in [6.45, 7) is 0.680. The summed E-state index contributed by atoms with van der Waals surface area (Å²) in [5.41, 5.74) is 4.94. The number of hydrogen-bond acceptors (Lipinski definition) is 3. The third-order valence-corrected chi connectivity index (χ3v) is 2.23. The van der Waals surface area contributed by atoms with Crippen LogP contribution in [0, 0.1) is 5.92 Å². The van der Waals surface area contributed by atoms with Crippen molar-refractivity contribution in [2.75, 3.05) is 6.61 Å². The van der Waals surface area contributed by atoms with E-state index in [1.807, 2.05) is 6.07 Å². The first-order chi connectivity index (χ1) is 7.25. The van der Waals surface area contributed by atoms with Crippen LogP contribution in [0.2, 0.25) is 0 Å². The summed E-state index contributed by atoms with van der Waals surface area (Å²) in [5.74, 6) is 1.61. The fourth-order valence-electron chi connectivity index (χ4n) is 1.25. The average Bonchev–Trinajstić information content (AvgIpc) is 2.99. The van der Waals surface area contributed by atoms with Crippen LogP contribution in [-0.2, 0) is 0 Å². The van der Waals surface area contributed by atoms with Gasteiger partial charge in [0.05, 0.1) is 6.61 Å². The second-order valence-corrected chi connectivity index (χ2v) is 3.62. The van der Waals surface area contributed by atoms with Crippen molar-refractivity contribution in [1.82, 2.24) is 0 Å². The van der Waals surface area contributed by atoms with Crippen molar-refractivity contribution in [1.29, 1.82) is 0 Å². The molecule has 1 aliphatic rings. The van der Waals surface area contributed by atoms with E-state index in [1.165, 1.54) is 12.8 Å². The molecule has 4 heteroatoms. The van der Waals surface area contributed by atoms with Crippen molar-refractivity contribution in [3.8, 4) is 11.5 Å². The molecular weight excluding hydrogens is 194 g/mol. The van der Waals surface area contributed by atoms with Crippen LogP contribution >= 0.6 is 0 Å². The fourth-order valence-corrected chi connectivity index (χ4v) is 1.25. The number of ether oxygens (including phenoxy) is 2. The van der Waals surface area contributed by atoms with Crippen LogP contribution < -0.4 is 15.2 Å². The Labute approximate surface area is 88.0 Å². The highest BCUT2D eigenvalue weighted by Gasteiger charge is 2.22. The van der Waals surface area contributed by atoms with E-state index in [9.17, 15) is 4.79 Å². The Morgan fingerprint density at radius 1 is 1.33 bits per heavy atom. The number of primary amides is 1. The Morgan fingerprint density at radius 2 is 2.00 bits per heavy atom. The average molecular weight is 207 g/mol. The van der Waals surface area contributed by atoms with Crippen LogP contribution in [-0.4, -0.2) is 12.7 Å². The van der Waals surface area contributed by atoms with Gasteiger partial charge in [-0.25, -0.2) is 4.79 Å². The first-order valence-corrected chi connectivity index (χ1v) is 4.95. The van der Waals surface area contributed by atoms with E-state index in [4.69, 9.17) is 15.2 Å². The van der Waals surface area contributed by atoms with E-state index in [0.29, 0.717) is 24.0 Å². The van der Waals surface area contributed by atoms with E-state index in [-0.39, 0.29) is 0 Å². The van der Waals surface area contributed by atoms with Gasteiger partial charge in [0.2, 0.25) is 0 Å². The van der Waals surface area contributed by atoms with Gasteiger partial charge in [-0.15, -0.1) is 0 Å². The molecule has 1 aromatic rings. The Morgan fingerprint density at radius 3 is 2.60 bits per heavy atom. The molecule has 1 fully saturated rings. The standard InChI is InChI=1S/C11H13NO3/c12-11(13)15-10-4-2-1-3-9(10)14-7-8-5-6-8/h1-4,8H,5-7H2,(H2,12,13). The lowest BCUT2D eigenvalue weighted by atomic mass is 10.3. The largest absolute Gasteiger partial charge is 0.489 e. The van der Waals surface area contributed by atoms with Crippen molar-refractivity contribution in [2.24, 2.45) is 11.7 Å². The molecule has 0 heterocycles. The Bertz CT molecular complexity index is 361. The van der Waals surface area contributed by atoms with Gasteiger partial charge in [0.25, 0.3) is 0 Å². The van der Waals surface area contributed by atoms with Crippen LogP contribution in [0.15, 0.2) is 24.3 Å². The lowest BCUT2D eigenvalue weighted by Crippen LogP contribution is -2.16. The molecule has 1 aliphatic carbocycles. The van der Waals surface area contributed by atoms with E-state index in [1.54, 1.807) is 18.2 Å². The van der Waals surface area contributed by atoms with Crippen LogP contribution in [0.25, 0.3) is 0 Å². The van der Waals surface area contributed by atoms with Crippen molar-refractivity contribution in [3.63, 3.8) is 0 Å². The quantitative estimate of drug-likeness (QED) is 0.820. The van der Waals surface area contributed by atoms with Crippen LogP contribution in [0.4, 0.5) is 4.79 Å². The van der Waals surface area contributed by atoms with Gasteiger partial charge in [-0.05, 0) is 30.9 Å². The highest BCUT2D eigenvalue weighted by Crippen LogP contribution is 2.32. The second kappa shape index (κ2) is 4.21. The van der Waals surface area contributed by atoms with Gasteiger partial charge in [0.1, 0.15) is 0 Å². The van der Waals surface area contributed by atoms with Crippen molar-refractivity contribution in [2.45, 2.75) is 12.8 Å². The Kier molecular flexibility index (Phi) is 2.76. The number of benzene rings is 1. The summed E-state index contributed by atoms with van der Waals surface area (Å²) in [7, 11) is 0. The maximum absolute atomic E-state index is 10.6. The number of carbonyl (C=O) groups excluding carboxylic acids is 1. The van der Waals surface area contributed by atoms with Crippen molar-refractivity contribution >= 4 is 6.09 Å². The fraction of sp³-hybridized carbons (Fsp3) is 0.364. The number of amides is 1. The molecule has 0 unspecified atom stereocenters. The van der Waals surface area contributed by atoms with E-state index >= 15 is 0 Å². The Hall–Kier alpha value is -1.71. The summed E-state index contributed by atoms with van der Waals surface area (Å²) in [6.07, 6.45) is 1.62. The van der Waals surface area contributed by atoms with Gasteiger partial charge < -0.3 is 15.2 Å². The molecule has 1 saturated carbocycles.